The lowest BCUT2D eigenvalue weighted by Crippen LogP contribution is -2.51. The van der Waals surface area contributed by atoms with E-state index in [9.17, 15) is 9.59 Å². The van der Waals surface area contributed by atoms with Crippen LogP contribution in [0.5, 0.6) is 0 Å². The summed E-state index contributed by atoms with van der Waals surface area (Å²) in [4.78, 5) is 23.8. The lowest BCUT2D eigenvalue weighted by Gasteiger charge is -2.20. The summed E-state index contributed by atoms with van der Waals surface area (Å²) >= 11 is 1.26. The Morgan fingerprint density at radius 1 is 1.63 bits per heavy atom. The van der Waals surface area contributed by atoms with Crippen LogP contribution in [0.3, 0.4) is 0 Å². The minimum absolute atomic E-state index is 0.193. The molecule has 2 rings (SSSR count). The summed E-state index contributed by atoms with van der Waals surface area (Å²) in [6.07, 6.45) is 0.471. The molecule has 1 aromatic heterocycles. The molecule has 1 unspecified atom stereocenters. The molecule has 1 saturated heterocycles. The van der Waals surface area contributed by atoms with Gasteiger partial charge in [-0.1, -0.05) is 0 Å². The second kappa shape index (κ2) is 5.68. The van der Waals surface area contributed by atoms with Gasteiger partial charge in [0.1, 0.15) is 10.5 Å². The zero-order valence-corrected chi connectivity index (χ0v) is 11.4. The van der Waals surface area contributed by atoms with Crippen molar-refractivity contribution in [1.82, 2.24) is 0 Å². The molecule has 0 aromatic carbocycles. The van der Waals surface area contributed by atoms with E-state index in [2.05, 4.69) is 5.32 Å². The first-order valence-corrected chi connectivity index (χ1v) is 6.87. The molecule has 0 bridgehead atoms. The normalized spacial score (nSPS) is 22.2. The number of nitrogens with one attached hydrogen (secondary N) is 1. The summed E-state index contributed by atoms with van der Waals surface area (Å²) in [6.45, 7) is 2.68. The van der Waals surface area contributed by atoms with E-state index in [4.69, 9.17) is 15.2 Å². The molecule has 0 saturated carbocycles. The van der Waals surface area contributed by atoms with E-state index in [1.807, 2.05) is 0 Å². The number of ether oxygens (including phenoxy) is 2. The van der Waals surface area contributed by atoms with Crippen molar-refractivity contribution in [2.24, 2.45) is 5.73 Å². The van der Waals surface area contributed by atoms with Crippen LogP contribution in [-0.2, 0) is 14.3 Å². The van der Waals surface area contributed by atoms with Gasteiger partial charge < -0.3 is 20.5 Å². The van der Waals surface area contributed by atoms with Gasteiger partial charge in [0, 0.05) is 6.61 Å². The highest BCUT2D eigenvalue weighted by Crippen LogP contribution is 2.26. The minimum atomic E-state index is -1.02. The number of nitrogens with two attached hydrogens (primary N) is 1. The Balaban J connectivity index is 2.09. The lowest BCUT2D eigenvalue weighted by atomic mass is 9.99. The molecule has 3 N–H and O–H groups in total. The number of anilines is 1. The van der Waals surface area contributed by atoms with Gasteiger partial charge in [-0.2, -0.15) is 0 Å². The fraction of sp³-hybridized carbons (Fsp3) is 0.500. The highest BCUT2D eigenvalue weighted by Gasteiger charge is 2.38. The summed E-state index contributed by atoms with van der Waals surface area (Å²) < 4.78 is 10.1. The molecule has 6 nitrogen and oxygen atoms in total. The Hall–Kier alpha value is -1.44. The number of rotatable bonds is 4. The van der Waals surface area contributed by atoms with Crippen molar-refractivity contribution in [3.8, 4) is 0 Å². The smallest absolute Gasteiger partial charge is 0.341 e. The summed E-state index contributed by atoms with van der Waals surface area (Å²) in [5.41, 5.74) is 5.29. The maximum Gasteiger partial charge on any atom is 0.341 e. The average molecular weight is 284 g/mol. The topological polar surface area (TPSA) is 90.7 Å². The van der Waals surface area contributed by atoms with Gasteiger partial charge in [-0.3, -0.25) is 4.79 Å². The van der Waals surface area contributed by atoms with Crippen LogP contribution in [0.25, 0.3) is 0 Å². The van der Waals surface area contributed by atoms with Crippen LogP contribution < -0.4 is 11.1 Å². The van der Waals surface area contributed by atoms with Gasteiger partial charge in [0.05, 0.1) is 18.8 Å². The van der Waals surface area contributed by atoms with Crippen molar-refractivity contribution >= 4 is 28.2 Å². The highest BCUT2D eigenvalue weighted by molar-refractivity contribution is 7.14. The van der Waals surface area contributed by atoms with Gasteiger partial charge in [0.2, 0.25) is 5.91 Å². The van der Waals surface area contributed by atoms with Gasteiger partial charge in [0.25, 0.3) is 0 Å². The first-order valence-electron chi connectivity index (χ1n) is 5.99. The zero-order valence-electron chi connectivity index (χ0n) is 10.6. The van der Waals surface area contributed by atoms with Gasteiger partial charge in [-0.15, -0.1) is 11.3 Å². The molecule has 19 heavy (non-hydrogen) atoms. The number of esters is 1. The van der Waals surface area contributed by atoms with Crippen LogP contribution in [-0.4, -0.2) is 37.2 Å². The minimum Gasteiger partial charge on any atom is -0.462 e. The second-order valence-corrected chi connectivity index (χ2v) is 5.21. The van der Waals surface area contributed by atoms with Crippen LogP contribution >= 0.6 is 11.3 Å². The van der Waals surface area contributed by atoms with Gasteiger partial charge >= 0.3 is 5.97 Å². The van der Waals surface area contributed by atoms with E-state index in [1.165, 1.54) is 11.3 Å². The van der Waals surface area contributed by atoms with E-state index in [0.717, 1.165) is 0 Å². The predicted molar refractivity (Wildman–Crippen MR) is 71.3 cm³/mol. The Kier molecular flexibility index (Phi) is 4.18. The zero-order chi connectivity index (χ0) is 13.9. The van der Waals surface area contributed by atoms with Crippen molar-refractivity contribution in [2.45, 2.75) is 18.9 Å². The fourth-order valence-electron chi connectivity index (χ4n) is 1.76. The molecule has 1 aliphatic heterocycles. The van der Waals surface area contributed by atoms with Gasteiger partial charge in [-0.05, 0) is 24.8 Å². The molecule has 1 aliphatic rings. The Morgan fingerprint density at radius 2 is 2.42 bits per heavy atom. The average Bonchev–Trinajstić information content (AvgIpc) is 2.99. The third-order valence-corrected chi connectivity index (χ3v) is 3.72. The van der Waals surface area contributed by atoms with Crippen LogP contribution in [0.2, 0.25) is 0 Å². The highest BCUT2D eigenvalue weighted by atomic mass is 32.1. The first kappa shape index (κ1) is 14.0. The van der Waals surface area contributed by atoms with Crippen molar-refractivity contribution < 1.29 is 19.1 Å². The largest absolute Gasteiger partial charge is 0.462 e. The molecule has 104 valence electrons. The molecule has 1 fully saturated rings. The maximum atomic E-state index is 12.1. The summed E-state index contributed by atoms with van der Waals surface area (Å²) in [5.74, 6) is -0.786. The Morgan fingerprint density at radius 3 is 3.05 bits per heavy atom. The molecular weight excluding hydrogens is 268 g/mol. The molecule has 1 amide bonds. The van der Waals surface area contributed by atoms with E-state index >= 15 is 0 Å². The standard InChI is InChI=1S/C12H16N2O4S/c1-2-18-10(15)8-3-6-19-9(8)14-11(16)12(13)4-5-17-7-12/h3,6H,2,4-5,7,13H2,1H3,(H,14,16). The molecule has 2 heterocycles. The predicted octanol–water partition coefficient (Wildman–Crippen LogP) is 0.981. The quantitative estimate of drug-likeness (QED) is 0.804. The first-order chi connectivity index (χ1) is 9.07. The molecule has 7 heteroatoms. The lowest BCUT2D eigenvalue weighted by molar-refractivity contribution is -0.121. The number of hydrogen-bond donors (Lipinski definition) is 2. The summed E-state index contributed by atoms with van der Waals surface area (Å²) in [6, 6.07) is 1.62. The molecule has 1 atom stereocenters. The molecular formula is C12H16N2O4S. The summed E-state index contributed by atoms with van der Waals surface area (Å²) in [7, 11) is 0. The van der Waals surface area contributed by atoms with E-state index in [1.54, 1.807) is 18.4 Å². The van der Waals surface area contributed by atoms with E-state index in [0.29, 0.717) is 23.6 Å². The van der Waals surface area contributed by atoms with Crippen LogP contribution in [0, 0.1) is 0 Å². The van der Waals surface area contributed by atoms with Crippen molar-refractivity contribution in [2.75, 3.05) is 25.1 Å². The third kappa shape index (κ3) is 2.94. The molecule has 1 aromatic rings. The third-order valence-electron chi connectivity index (χ3n) is 2.89. The second-order valence-electron chi connectivity index (χ2n) is 4.30. The van der Waals surface area contributed by atoms with E-state index in [-0.39, 0.29) is 19.1 Å². The monoisotopic (exact) mass is 284 g/mol. The van der Waals surface area contributed by atoms with Crippen LogP contribution in [0.15, 0.2) is 11.4 Å². The van der Waals surface area contributed by atoms with Gasteiger partial charge in [-0.25, -0.2) is 4.79 Å². The molecule has 0 spiro atoms. The Bertz CT molecular complexity index is 480. The van der Waals surface area contributed by atoms with Crippen molar-refractivity contribution in [3.63, 3.8) is 0 Å². The number of hydrogen-bond acceptors (Lipinski definition) is 6. The fourth-order valence-corrected chi connectivity index (χ4v) is 2.53. The number of thiophene rings is 1. The molecule has 0 aliphatic carbocycles. The summed E-state index contributed by atoms with van der Waals surface area (Å²) in [5, 5.41) is 4.86. The number of carbonyl (C=O) groups is 2. The van der Waals surface area contributed by atoms with Crippen LogP contribution in [0.1, 0.15) is 23.7 Å². The maximum absolute atomic E-state index is 12.1. The van der Waals surface area contributed by atoms with Crippen molar-refractivity contribution in [1.29, 1.82) is 0 Å². The van der Waals surface area contributed by atoms with Crippen LogP contribution in [0.4, 0.5) is 5.00 Å². The molecule has 0 radical (unpaired) electrons. The van der Waals surface area contributed by atoms with Crippen molar-refractivity contribution in [3.05, 3.63) is 17.0 Å². The number of carbonyl (C=O) groups excluding carboxylic acids is 2. The van der Waals surface area contributed by atoms with E-state index < -0.39 is 11.5 Å². The van der Waals surface area contributed by atoms with Gasteiger partial charge in [0.15, 0.2) is 0 Å². The Labute approximate surface area is 114 Å². The SMILES string of the molecule is CCOC(=O)c1ccsc1NC(=O)C1(N)CCOC1. The number of amides is 1.